The van der Waals surface area contributed by atoms with Crippen molar-refractivity contribution < 1.29 is 0 Å². The first-order valence-electron chi connectivity index (χ1n) is 6.66. The molecule has 1 heterocycles. The Balaban J connectivity index is 2.22. The molecule has 0 amide bonds. The molecular formula is C15H21BrN4. The third-order valence-corrected chi connectivity index (χ3v) is 3.97. The van der Waals surface area contributed by atoms with Crippen molar-refractivity contribution in [2.45, 2.75) is 25.6 Å². The van der Waals surface area contributed by atoms with E-state index >= 15 is 0 Å². The van der Waals surface area contributed by atoms with Gasteiger partial charge in [0.15, 0.2) is 0 Å². The molecule has 20 heavy (non-hydrogen) atoms. The van der Waals surface area contributed by atoms with Crippen molar-refractivity contribution in [1.29, 1.82) is 0 Å². The summed E-state index contributed by atoms with van der Waals surface area (Å²) in [6.45, 7) is 2.81. The molecule has 0 fully saturated rings. The molecular weight excluding hydrogens is 316 g/mol. The molecule has 1 aromatic heterocycles. The number of hydrogen-bond acceptors (Lipinski definition) is 3. The highest BCUT2D eigenvalue weighted by molar-refractivity contribution is 9.10. The molecule has 0 radical (unpaired) electrons. The van der Waals surface area contributed by atoms with Crippen LogP contribution >= 0.6 is 15.9 Å². The van der Waals surface area contributed by atoms with E-state index in [4.69, 9.17) is 5.73 Å². The molecule has 0 aliphatic heterocycles. The third-order valence-electron chi connectivity index (χ3n) is 3.47. The third kappa shape index (κ3) is 3.48. The Kier molecular flexibility index (Phi) is 4.96. The summed E-state index contributed by atoms with van der Waals surface area (Å²) in [6, 6.07) is 8.51. The molecule has 2 aromatic rings. The number of benzene rings is 1. The lowest BCUT2D eigenvalue weighted by molar-refractivity contribution is 0.204. The summed E-state index contributed by atoms with van der Waals surface area (Å²) >= 11 is 3.53. The molecule has 0 aliphatic rings. The highest BCUT2D eigenvalue weighted by Gasteiger charge is 2.22. The Hall–Kier alpha value is -1.17. The van der Waals surface area contributed by atoms with Crippen LogP contribution in [0.5, 0.6) is 0 Å². The maximum Gasteiger partial charge on any atom is 0.122 e. The van der Waals surface area contributed by atoms with Crippen LogP contribution < -0.4 is 5.73 Å². The average Bonchev–Trinajstić information content (AvgIpc) is 2.74. The molecule has 108 valence electrons. The van der Waals surface area contributed by atoms with Gasteiger partial charge in [-0.25, -0.2) is 4.98 Å². The van der Waals surface area contributed by atoms with Crippen LogP contribution in [0.25, 0.3) is 0 Å². The number of aryl methyl sites for hydroxylation is 1. The normalized spacial score (nSPS) is 14.5. The Bertz CT molecular complexity index is 565. The lowest BCUT2D eigenvalue weighted by Gasteiger charge is -2.31. The van der Waals surface area contributed by atoms with Gasteiger partial charge in [-0.15, -0.1) is 0 Å². The maximum atomic E-state index is 6.20. The zero-order chi connectivity index (χ0) is 14.7. The van der Waals surface area contributed by atoms with Gasteiger partial charge in [-0.2, -0.15) is 0 Å². The van der Waals surface area contributed by atoms with Gasteiger partial charge >= 0.3 is 0 Å². The molecule has 0 saturated heterocycles. The smallest absolute Gasteiger partial charge is 0.122 e. The van der Waals surface area contributed by atoms with E-state index in [0.29, 0.717) is 0 Å². The number of hydrogen-bond donors (Lipinski definition) is 1. The van der Waals surface area contributed by atoms with Crippen LogP contribution in [0.15, 0.2) is 41.1 Å². The molecule has 2 unspecified atom stereocenters. The molecule has 0 bridgehead atoms. The summed E-state index contributed by atoms with van der Waals surface area (Å²) in [4.78, 5) is 6.62. The second-order valence-electron chi connectivity index (χ2n) is 5.23. The summed E-state index contributed by atoms with van der Waals surface area (Å²) < 4.78 is 3.11. The van der Waals surface area contributed by atoms with Crippen molar-refractivity contribution in [3.8, 4) is 0 Å². The average molecular weight is 337 g/mol. The van der Waals surface area contributed by atoms with Crippen LogP contribution in [0, 0.1) is 0 Å². The van der Waals surface area contributed by atoms with Crippen molar-refractivity contribution >= 4 is 15.9 Å². The first kappa shape index (κ1) is 15.2. The number of imidazole rings is 1. The fraction of sp³-hybridized carbons (Fsp3) is 0.400. The Morgan fingerprint density at radius 1 is 1.45 bits per heavy atom. The zero-order valence-electron chi connectivity index (χ0n) is 12.1. The number of nitrogens with zero attached hydrogens (tertiary/aromatic N) is 3. The lowest BCUT2D eigenvalue weighted by atomic mass is 9.99. The molecule has 2 atom stereocenters. The highest BCUT2D eigenvalue weighted by atomic mass is 79.9. The van der Waals surface area contributed by atoms with Gasteiger partial charge in [-0.05, 0) is 31.7 Å². The topological polar surface area (TPSA) is 47.1 Å². The minimum Gasteiger partial charge on any atom is -0.337 e. The van der Waals surface area contributed by atoms with Crippen LogP contribution in [-0.4, -0.2) is 27.5 Å². The second-order valence-corrected chi connectivity index (χ2v) is 6.14. The van der Waals surface area contributed by atoms with Crippen LogP contribution in [0.3, 0.4) is 0 Å². The van der Waals surface area contributed by atoms with Gasteiger partial charge in [-0.1, -0.05) is 28.1 Å². The lowest BCUT2D eigenvalue weighted by Crippen LogP contribution is -2.37. The molecule has 0 spiro atoms. The van der Waals surface area contributed by atoms with E-state index in [2.05, 4.69) is 45.0 Å². The van der Waals surface area contributed by atoms with Crippen LogP contribution in [0.4, 0.5) is 0 Å². The minimum atomic E-state index is 0.0366. The van der Waals surface area contributed by atoms with Gasteiger partial charge in [0.2, 0.25) is 0 Å². The van der Waals surface area contributed by atoms with Crippen molar-refractivity contribution in [3.63, 3.8) is 0 Å². The van der Waals surface area contributed by atoms with Crippen molar-refractivity contribution in [2.24, 2.45) is 12.8 Å². The summed E-state index contributed by atoms with van der Waals surface area (Å²) in [5, 5.41) is 0. The standard InChI is InChI=1S/C15H21BrN4/c1-11(17)15(12-5-4-6-13(16)9-12)20(3)10-14-18-7-8-19(14)2/h4-9,11,15H,10,17H2,1-3H3. The SMILES string of the molecule is CC(N)C(c1cccc(Br)c1)N(C)Cc1nccn1C. The predicted molar refractivity (Wildman–Crippen MR) is 85.2 cm³/mol. The van der Waals surface area contributed by atoms with Crippen LogP contribution in [0.1, 0.15) is 24.4 Å². The number of aromatic nitrogens is 2. The van der Waals surface area contributed by atoms with Crippen molar-refractivity contribution in [1.82, 2.24) is 14.5 Å². The summed E-state index contributed by atoms with van der Waals surface area (Å²) in [5.41, 5.74) is 7.42. The Labute approximate surface area is 128 Å². The quantitative estimate of drug-likeness (QED) is 0.913. The first-order chi connectivity index (χ1) is 9.49. The minimum absolute atomic E-state index is 0.0366. The van der Waals surface area contributed by atoms with Crippen molar-refractivity contribution in [2.75, 3.05) is 7.05 Å². The van der Waals surface area contributed by atoms with Crippen LogP contribution in [0.2, 0.25) is 0 Å². The van der Waals surface area contributed by atoms with E-state index in [0.717, 1.165) is 16.8 Å². The maximum absolute atomic E-state index is 6.20. The largest absolute Gasteiger partial charge is 0.337 e. The van der Waals surface area contributed by atoms with E-state index in [1.807, 2.05) is 43.1 Å². The predicted octanol–water partition coefficient (Wildman–Crippen LogP) is 2.70. The van der Waals surface area contributed by atoms with Gasteiger partial charge in [0.05, 0.1) is 6.54 Å². The molecule has 2 rings (SSSR count). The first-order valence-corrected chi connectivity index (χ1v) is 7.46. The van der Waals surface area contributed by atoms with Gasteiger partial charge in [-0.3, -0.25) is 4.90 Å². The Morgan fingerprint density at radius 2 is 2.20 bits per heavy atom. The number of nitrogens with two attached hydrogens (primary N) is 1. The zero-order valence-corrected chi connectivity index (χ0v) is 13.7. The summed E-state index contributed by atoms with van der Waals surface area (Å²) in [7, 11) is 4.10. The van der Waals surface area contributed by atoms with Crippen LogP contribution in [-0.2, 0) is 13.6 Å². The monoisotopic (exact) mass is 336 g/mol. The van der Waals surface area contributed by atoms with E-state index in [-0.39, 0.29) is 12.1 Å². The van der Waals surface area contributed by atoms with E-state index < -0.39 is 0 Å². The number of rotatable bonds is 5. The molecule has 0 saturated carbocycles. The molecule has 4 nitrogen and oxygen atoms in total. The summed E-state index contributed by atoms with van der Waals surface area (Å²) in [5.74, 6) is 1.04. The molecule has 1 aromatic carbocycles. The van der Waals surface area contributed by atoms with E-state index in [1.54, 1.807) is 0 Å². The molecule has 0 aliphatic carbocycles. The van der Waals surface area contributed by atoms with Gasteiger partial charge in [0, 0.05) is 36.0 Å². The fourth-order valence-corrected chi connectivity index (χ4v) is 2.94. The number of likely N-dealkylation sites (N-methyl/N-ethyl adjacent to an activating group) is 1. The van der Waals surface area contributed by atoms with Gasteiger partial charge in [0.25, 0.3) is 0 Å². The van der Waals surface area contributed by atoms with Crippen molar-refractivity contribution in [3.05, 3.63) is 52.5 Å². The van der Waals surface area contributed by atoms with Gasteiger partial charge in [0.1, 0.15) is 5.82 Å². The summed E-state index contributed by atoms with van der Waals surface area (Å²) in [6.07, 6.45) is 3.78. The van der Waals surface area contributed by atoms with E-state index in [9.17, 15) is 0 Å². The van der Waals surface area contributed by atoms with E-state index in [1.165, 1.54) is 5.56 Å². The second kappa shape index (κ2) is 6.52. The van der Waals surface area contributed by atoms with Gasteiger partial charge < -0.3 is 10.3 Å². The molecule has 2 N–H and O–H groups in total. The highest BCUT2D eigenvalue weighted by Crippen LogP contribution is 2.26. The molecule has 5 heteroatoms. The Morgan fingerprint density at radius 3 is 2.75 bits per heavy atom. The number of halogens is 1. The fourth-order valence-electron chi connectivity index (χ4n) is 2.52.